The summed E-state index contributed by atoms with van der Waals surface area (Å²) in [6.45, 7) is 0.806. The average Bonchev–Trinajstić information content (AvgIpc) is 3.31. The number of rotatable bonds is 4. The highest BCUT2D eigenvalue weighted by molar-refractivity contribution is 5.71. The Balaban J connectivity index is 1.84. The van der Waals surface area contributed by atoms with Crippen molar-refractivity contribution in [1.29, 1.82) is 5.26 Å². The molecule has 0 bridgehead atoms. The van der Waals surface area contributed by atoms with E-state index < -0.39 is 11.3 Å². The van der Waals surface area contributed by atoms with E-state index in [1.54, 1.807) is 19.5 Å². The van der Waals surface area contributed by atoms with Gasteiger partial charge in [-0.05, 0) is 24.5 Å². The van der Waals surface area contributed by atoms with Crippen molar-refractivity contribution in [2.24, 2.45) is 0 Å². The zero-order chi connectivity index (χ0) is 18.5. The first-order chi connectivity index (χ1) is 12.4. The number of nitrogens with zero attached hydrogens (tertiary/aromatic N) is 4. The average molecular weight is 354 g/mol. The van der Waals surface area contributed by atoms with Crippen LogP contribution < -0.4 is 4.74 Å². The lowest BCUT2D eigenvalue weighted by Crippen LogP contribution is -2.12. The Kier molecular flexibility index (Phi) is 3.48. The maximum absolute atomic E-state index is 13.8. The summed E-state index contributed by atoms with van der Waals surface area (Å²) in [5, 5.41) is 9.38. The number of methoxy groups -OCH3 is 1. The summed E-state index contributed by atoms with van der Waals surface area (Å²) in [6, 6.07) is 7.94. The van der Waals surface area contributed by atoms with Gasteiger partial charge < -0.3 is 4.74 Å². The van der Waals surface area contributed by atoms with Crippen LogP contribution in [0.25, 0.3) is 16.8 Å². The molecule has 1 aliphatic rings. The molecule has 26 heavy (non-hydrogen) atoms. The van der Waals surface area contributed by atoms with Crippen LogP contribution in [0.2, 0.25) is 0 Å². The zero-order valence-electron chi connectivity index (χ0n) is 14.3. The third kappa shape index (κ3) is 2.49. The molecule has 0 N–H and O–H groups in total. The number of ether oxygens (including phenoxy) is 1. The minimum atomic E-state index is -3.08. The number of aromatic nitrogens is 3. The summed E-state index contributed by atoms with van der Waals surface area (Å²) in [5.74, 6) is -2.86. The van der Waals surface area contributed by atoms with Gasteiger partial charge in [0.05, 0.1) is 24.8 Å². The van der Waals surface area contributed by atoms with Crippen molar-refractivity contribution < 1.29 is 13.5 Å². The van der Waals surface area contributed by atoms with Crippen LogP contribution in [-0.4, -0.2) is 21.5 Å². The van der Waals surface area contributed by atoms with Crippen LogP contribution in [0.3, 0.4) is 0 Å². The largest absolute Gasteiger partial charge is 0.496 e. The number of halogens is 2. The van der Waals surface area contributed by atoms with E-state index in [0.717, 1.165) is 30.9 Å². The van der Waals surface area contributed by atoms with Crippen LogP contribution in [-0.2, 0) is 11.3 Å². The van der Waals surface area contributed by atoms with Gasteiger partial charge in [0.15, 0.2) is 11.5 Å². The molecule has 1 aromatic carbocycles. The second-order valence-electron chi connectivity index (χ2n) is 6.65. The fourth-order valence-electron chi connectivity index (χ4n) is 3.16. The predicted octanol–water partition coefficient (Wildman–Crippen LogP) is 4.07. The van der Waals surface area contributed by atoms with Crippen LogP contribution in [0.4, 0.5) is 8.78 Å². The molecule has 5 nitrogen and oxygen atoms in total. The van der Waals surface area contributed by atoms with Crippen LogP contribution >= 0.6 is 0 Å². The summed E-state index contributed by atoms with van der Waals surface area (Å²) in [6.07, 6.45) is 6.17. The second kappa shape index (κ2) is 5.49. The molecule has 2 aromatic heterocycles. The Morgan fingerprint density at radius 2 is 2.04 bits per heavy atom. The van der Waals surface area contributed by atoms with Gasteiger partial charge >= 0.3 is 5.92 Å². The third-order valence-electron chi connectivity index (χ3n) is 4.80. The maximum atomic E-state index is 13.8. The SMILES string of the molecule is COc1cc(C2(C#N)CC2)ccc1-c1cnc2cnc(C(C)(F)F)n2c1. The topological polar surface area (TPSA) is 63.2 Å². The van der Waals surface area contributed by atoms with E-state index in [-0.39, 0.29) is 5.82 Å². The Morgan fingerprint density at radius 3 is 2.65 bits per heavy atom. The van der Waals surface area contributed by atoms with E-state index in [4.69, 9.17) is 4.74 Å². The van der Waals surface area contributed by atoms with E-state index in [1.165, 1.54) is 10.6 Å². The Labute approximate surface area is 148 Å². The van der Waals surface area contributed by atoms with E-state index >= 15 is 0 Å². The molecule has 0 saturated heterocycles. The van der Waals surface area contributed by atoms with Gasteiger partial charge in [-0.2, -0.15) is 14.0 Å². The molecule has 2 heterocycles. The lowest BCUT2D eigenvalue weighted by molar-refractivity contribution is 0.00717. The summed E-state index contributed by atoms with van der Waals surface area (Å²) in [7, 11) is 1.54. The molecular formula is C19H16F2N4O. The van der Waals surface area contributed by atoms with Crippen molar-refractivity contribution in [3.05, 3.63) is 48.2 Å². The highest BCUT2D eigenvalue weighted by atomic mass is 19.3. The molecule has 0 radical (unpaired) electrons. The summed E-state index contributed by atoms with van der Waals surface area (Å²) in [5.41, 5.74) is 2.19. The quantitative estimate of drug-likeness (QED) is 0.708. The molecule has 1 fully saturated rings. The molecule has 7 heteroatoms. The monoisotopic (exact) mass is 354 g/mol. The van der Waals surface area contributed by atoms with Crippen molar-refractivity contribution in [1.82, 2.24) is 14.4 Å². The number of benzene rings is 1. The van der Waals surface area contributed by atoms with Gasteiger partial charge in [0.2, 0.25) is 0 Å². The van der Waals surface area contributed by atoms with E-state index in [9.17, 15) is 14.0 Å². The molecule has 1 aliphatic carbocycles. The number of hydrogen-bond donors (Lipinski definition) is 0. The Hall–Kier alpha value is -3.01. The van der Waals surface area contributed by atoms with Crippen molar-refractivity contribution in [2.45, 2.75) is 31.1 Å². The normalized spacial score (nSPS) is 15.7. The fraction of sp³-hybridized carbons (Fsp3) is 0.316. The Bertz CT molecular complexity index is 1040. The zero-order valence-corrected chi connectivity index (χ0v) is 14.3. The number of fused-ring (bicyclic) bond motifs is 1. The lowest BCUT2D eigenvalue weighted by atomic mass is 9.95. The smallest absolute Gasteiger partial charge is 0.302 e. The molecule has 0 amide bonds. The maximum Gasteiger partial charge on any atom is 0.302 e. The molecule has 0 atom stereocenters. The first kappa shape index (κ1) is 16.5. The lowest BCUT2D eigenvalue weighted by Gasteiger charge is -2.14. The first-order valence-corrected chi connectivity index (χ1v) is 8.19. The van der Waals surface area contributed by atoms with Crippen LogP contribution in [0.5, 0.6) is 5.75 Å². The molecule has 3 aromatic rings. The number of hydrogen-bond acceptors (Lipinski definition) is 4. The summed E-state index contributed by atoms with van der Waals surface area (Å²) in [4.78, 5) is 8.02. The molecule has 132 valence electrons. The molecule has 4 rings (SSSR count). The van der Waals surface area contributed by atoms with Gasteiger partial charge in [-0.25, -0.2) is 9.97 Å². The van der Waals surface area contributed by atoms with Gasteiger partial charge in [-0.15, -0.1) is 0 Å². The summed E-state index contributed by atoms with van der Waals surface area (Å²) < 4.78 is 34.3. The van der Waals surface area contributed by atoms with Gasteiger partial charge in [0.25, 0.3) is 0 Å². The van der Waals surface area contributed by atoms with Crippen molar-refractivity contribution >= 4 is 5.65 Å². The van der Waals surface area contributed by atoms with E-state index in [2.05, 4.69) is 16.0 Å². The van der Waals surface area contributed by atoms with Crippen molar-refractivity contribution in [3.63, 3.8) is 0 Å². The number of nitriles is 1. The first-order valence-electron chi connectivity index (χ1n) is 8.19. The minimum Gasteiger partial charge on any atom is -0.496 e. The fourth-order valence-corrected chi connectivity index (χ4v) is 3.16. The van der Waals surface area contributed by atoms with Crippen LogP contribution in [0, 0.1) is 11.3 Å². The van der Waals surface area contributed by atoms with Crippen molar-refractivity contribution in [2.75, 3.05) is 7.11 Å². The van der Waals surface area contributed by atoms with E-state index in [1.807, 2.05) is 18.2 Å². The molecule has 1 saturated carbocycles. The van der Waals surface area contributed by atoms with Crippen LogP contribution in [0.1, 0.15) is 31.2 Å². The Morgan fingerprint density at radius 1 is 1.27 bits per heavy atom. The van der Waals surface area contributed by atoms with Gasteiger partial charge in [0, 0.05) is 30.4 Å². The van der Waals surface area contributed by atoms with Gasteiger partial charge in [0.1, 0.15) is 5.75 Å². The number of imidazole rings is 1. The molecule has 0 spiro atoms. The summed E-state index contributed by atoms with van der Waals surface area (Å²) >= 11 is 0. The van der Waals surface area contributed by atoms with Crippen LogP contribution in [0.15, 0.2) is 36.8 Å². The molecular weight excluding hydrogens is 338 g/mol. The minimum absolute atomic E-state index is 0.349. The highest BCUT2D eigenvalue weighted by Gasteiger charge is 2.45. The van der Waals surface area contributed by atoms with Crippen molar-refractivity contribution in [3.8, 4) is 22.9 Å². The third-order valence-corrected chi connectivity index (χ3v) is 4.80. The van der Waals surface area contributed by atoms with Gasteiger partial charge in [-0.3, -0.25) is 4.40 Å². The standard InChI is InChI=1S/C19H16F2N4O/c1-18(20,21)17-24-9-16-23-8-12(10-25(16)17)14-4-3-13(7-15(14)26-2)19(11-22)5-6-19/h3-4,7-10H,5-6H2,1-2H3. The number of alkyl halides is 2. The highest BCUT2D eigenvalue weighted by Crippen LogP contribution is 2.49. The second-order valence-corrected chi connectivity index (χ2v) is 6.65. The molecule has 0 unspecified atom stereocenters. The predicted molar refractivity (Wildman–Crippen MR) is 91.1 cm³/mol. The molecule has 0 aliphatic heterocycles. The van der Waals surface area contributed by atoms with Gasteiger partial charge in [-0.1, -0.05) is 12.1 Å². The van der Waals surface area contributed by atoms with E-state index in [0.29, 0.717) is 17.0 Å².